The molecule has 2 fully saturated rings. The fourth-order valence-electron chi connectivity index (χ4n) is 3.80. The van der Waals surface area contributed by atoms with Gasteiger partial charge in [0.05, 0.1) is 24.6 Å². The second-order valence-corrected chi connectivity index (χ2v) is 9.04. The van der Waals surface area contributed by atoms with Crippen LogP contribution in [0.4, 0.5) is 0 Å². The average molecular weight is 378 g/mol. The quantitative estimate of drug-likeness (QED) is 0.825. The summed E-state index contributed by atoms with van der Waals surface area (Å²) >= 11 is 3.25. The maximum Gasteiger partial charge on any atom is 0.264 e. The lowest BCUT2D eigenvalue weighted by atomic mass is 9.87. The molecule has 25 heavy (non-hydrogen) atoms. The van der Waals surface area contributed by atoms with Crippen molar-refractivity contribution in [2.24, 2.45) is 5.41 Å². The minimum atomic E-state index is 0.0513. The number of likely N-dealkylation sites (tertiary alicyclic amines) is 1. The molecule has 0 saturated carbocycles. The van der Waals surface area contributed by atoms with Gasteiger partial charge in [0, 0.05) is 36.6 Å². The molecule has 0 radical (unpaired) electrons. The predicted molar refractivity (Wildman–Crippen MR) is 100 cm³/mol. The van der Waals surface area contributed by atoms with E-state index in [0.717, 1.165) is 54.7 Å². The summed E-state index contributed by atoms with van der Waals surface area (Å²) in [5.41, 5.74) is 1.21. The van der Waals surface area contributed by atoms with Crippen LogP contribution in [0.3, 0.4) is 0 Å². The summed E-state index contributed by atoms with van der Waals surface area (Å²) < 4.78 is 5.91. The van der Waals surface area contributed by atoms with E-state index >= 15 is 0 Å². The van der Waals surface area contributed by atoms with Gasteiger partial charge in [0.15, 0.2) is 0 Å². The van der Waals surface area contributed by atoms with Crippen molar-refractivity contribution in [1.82, 2.24) is 14.8 Å². The van der Waals surface area contributed by atoms with Crippen LogP contribution in [0, 0.1) is 12.3 Å². The molecule has 2 aliphatic heterocycles. The third-order valence-electron chi connectivity index (χ3n) is 5.03. The Kier molecular flexibility index (Phi) is 4.90. The van der Waals surface area contributed by atoms with Crippen LogP contribution in [-0.2, 0) is 11.3 Å². The molecule has 2 aromatic rings. The average Bonchev–Trinajstić information content (AvgIpc) is 3.30. The maximum atomic E-state index is 12.9. The smallest absolute Gasteiger partial charge is 0.264 e. The monoisotopic (exact) mass is 377 g/mol. The molecule has 4 heterocycles. The Hall–Kier alpha value is -1.28. The fraction of sp³-hybridized carbons (Fsp3) is 0.556. The lowest BCUT2D eigenvalue weighted by Crippen LogP contribution is -2.43. The molecule has 0 aromatic carbocycles. The van der Waals surface area contributed by atoms with Gasteiger partial charge in [-0.25, -0.2) is 4.98 Å². The number of rotatable bonds is 3. The number of aryl methyl sites for hydroxylation is 1. The molecular formula is C18H23N3O2S2. The highest BCUT2D eigenvalue weighted by atomic mass is 32.1. The van der Waals surface area contributed by atoms with E-state index in [-0.39, 0.29) is 11.3 Å². The highest BCUT2D eigenvalue weighted by molar-refractivity contribution is 7.12. The Morgan fingerprint density at radius 2 is 2.28 bits per heavy atom. The zero-order valence-electron chi connectivity index (χ0n) is 14.4. The van der Waals surface area contributed by atoms with Crippen LogP contribution in [0.25, 0.3) is 0 Å². The molecule has 4 rings (SSSR count). The van der Waals surface area contributed by atoms with Gasteiger partial charge in [-0.05, 0) is 36.9 Å². The van der Waals surface area contributed by atoms with Gasteiger partial charge in [-0.15, -0.1) is 22.7 Å². The first-order valence-corrected chi connectivity index (χ1v) is 10.4. The van der Waals surface area contributed by atoms with Crippen molar-refractivity contribution < 1.29 is 9.53 Å². The number of hydrogen-bond acceptors (Lipinski definition) is 6. The summed E-state index contributed by atoms with van der Waals surface area (Å²) in [4.78, 5) is 22.6. The summed E-state index contributed by atoms with van der Waals surface area (Å²) in [6.07, 6.45) is 2.94. The van der Waals surface area contributed by atoms with Crippen LogP contribution in [0.1, 0.15) is 26.7 Å². The second kappa shape index (κ2) is 7.15. The molecule has 134 valence electrons. The van der Waals surface area contributed by atoms with E-state index < -0.39 is 0 Å². The minimum Gasteiger partial charge on any atom is -0.379 e. The number of aromatic nitrogens is 1. The zero-order chi connectivity index (χ0) is 17.3. The molecule has 1 spiro atoms. The molecule has 1 amide bonds. The van der Waals surface area contributed by atoms with Gasteiger partial charge in [-0.1, -0.05) is 0 Å². The van der Waals surface area contributed by atoms with Gasteiger partial charge in [-0.3, -0.25) is 9.69 Å². The number of thiophene rings is 1. The molecule has 2 aromatic heterocycles. The highest BCUT2D eigenvalue weighted by Crippen LogP contribution is 2.35. The summed E-state index contributed by atoms with van der Waals surface area (Å²) in [5.74, 6) is 0.154. The summed E-state index contributed by atoms with van der Waals surface area (Å²) in [5, 5.41) is 5.23. The maximum absolute atomic E-state index is 12.9. The summed E-state index contributed by atoms with van der Waals surface area (Å²) in [7, 11) is 0. The second-order valence-electron chi connectivity index (χ2n) is 7.15. The van der Waals surface area contributed by atoms with Crippen LogP contribution in [0.2, 0.25) is 0 Å². The SMILES string of the molecule is Cc1csc(C(=O)N2CCOCC3(CCN(Cc4nccs4)C3)C2)c1. The summed E-state index contributed by atoms with van der Waals surface area (Å²) in [6.45, 7) is 7.80. The first-order chi connectivity index (χ1) is 12.1. The zero-order valence-corrected chi connectivity index (χ0v) is 16.1. The molecule has 2 aliphatic rings. The number of hydrogen-bond donors (Lipinski definition) is 0. The van der Waals surface area contributed by atoms with Crippen molar-refractivity contribution in [3.05, 3.63) is 38.5 Å². The highest BCUT2D eigenvalue weighted by Gasteiger charge is 2.42. The van der Waals surface area contributed by atoms with E-state index in [0.29, 0.717) is 13.2 Å². The van der Waals surface area contributed by atoms with E-state index in [1.54, 1.807) is 22.7 Å². The van der Waals surface area contributed by atoms with E-state index in [4.69, 9.17) is 4.74 Å². The van der Waals surface area contributed by atoms with Crippen LogP contribution in [0.5, 0.6) is 0 Å². The molecule has 1 unspecified atom stereocenters. The lowest BCUT2D eigenvalue weighted by Gasteiger charge is -2.31. The molecule has 0 N–H and O–H groups in total. The molecule has 1 atom stereocenters. The molecule has 2 saturated heterocycles. The van der Waals surface area contributed by atoms with Gasteiger partial charge in [0.1, 0.15) is 5.01 Å². The minimum absolute atomic E-state index is 0.0513. The predicted octanol–water partition coefficient (Wildman–Crippen LogP) is 2.88. The molecule has 5 nitrogen and oxygen atoms in total. The first-order valence-electron chi connectivity index (χ1n) is 8.66. The molecule has 0 bridgehead atoms. The van der Waals surface area contributed by atoms with Crippen molar-refractivity contribution >= 4 is 28.6 Å². The third kappa shape index (κ3) is 3.79. The van der Waals surface area contributed by atoms with Crippen molar-refractivity contribution in [3.8, 4) is 0 Å². The molecule has 7 heteroatoms. The standard InChI is InChI=1S/C18H23N3O2S2/c1-14-8-15(25-10-14)17(22)21-5-6-23-13-18(12-21)2-4-20(11-18)9-16-19-3-7-24-16/h3,7-8,10H,2,4-6,9,11-13H2,1H3. The topological polar surface area (TPSA) is 45.7 Å². The number of ether oxygens (including phenoxy) is 1. The Labute approximate surface area is 156 Å². The van der Waals surface area contributed by atoms with Crippen LogP contribution < -0.4 is 0 Å². The van der Waals surface area contributed by atoms with Gasteiger partial charge in [0.25, 0.3) is 5.91 Å². The number of nitrogens with zero attached hydrogens (tertiary/aromatic N) is 3. The van der Waals surface area contributed by atoms with Crippen molar-refractivity contribution in [2.45, 2.75) is 19.9 Å². The van der Waals surface area contributed by atoms with Crippen LogP contribution >= 0.6 is 22.7 Å². The van der Waals surface area contributed by atoms with Gasteiger partial charge >= 0.3 is 0 Å². The van der Waals surface area contributed by atoms with Gasteiger partial charge in [0.2, 0.25) is 0 Å². The van der Waals surface area contributed by atoms with Crippen LogP contribution in [0.15, 0.2) is 23.0 Å². The lowest BCUT2D eigenvalue weighted by molar-refractivity contribution is 0.0647. The van der Waals surface area contributed by atoms with Gasteiger partial charge < -0.3 is 9.64 Å². The summed E-state index contributed by atoms with van der Waals surface area (Å²) in [6, 6.07) is 1.99. The fourth-order valence-corrected chi connectivity index (χ4v) is 5.32. The van der Waals surface area contributed by atoms with Crippen molar-refractivity contribution in [1.29, 1.82) is 0 Å². The number of carbonyl (C=O) groups excluding carboxylic acids is 1. The molecule has 0 aliphatic carbocycles. The third-order valence-corrected chi connectivity index (χ3v) is 6.83. The Bertz CT molecular complexity index is 731. The van der Waals surface area contributed by atoms with E-state index in [2.05, 4.69) is 9.88 Å². The number of carbonyl (C=O) groups is 1. The number of thiazole rings is 1. The Morgan fingerprint density at radius 3 is 3.04 bits per heavy atom. The van der Waals surface area contributed by atoms with E-state index in [9.17, 15) is 4.79 Å². The Balaban J connectivity index is 1.45. The van der Waals surface area contributed by atoms with Crippen molar-refractivity contribution in [2.75, 3.05) is 39.4 Å². The first kappa shape index (κ1) is 17.1. The normalized spacial score (nSPS) is 24.8. The largest absolute Gasteiger partial charge is 0.379 e. The van der Waals surface area contributed by atoms with E-state index in [1.165, 1.54) is 0 Å². The van der Waals surface area contributed by atoms with Crippen LogP contribution in [-0.4, -0.2) is 60.1 Å². The van der Waals surface area contributed by atoms with Crippen molar-refractivity contribution in [3.63, 3.8) is 0 Å². The molecular weight excluding hydrogens is 354 g/mol. The number of amides is 1. The van der Waals surface area contributed by atoms with E-state index in [1.807, 2.05) is 34.8 Å². The Morgan fingerprint density at radius 1 is 1.36 bits per heavy atom. The van der Waals surface area contributed by atoms with Gasteiger partial charge in [-0.2, -0.15) is 0 Å².